The molecule has 2 aromatic rings. The summed E-state index contributed by atoms with van der Waals surface area (Å²) >= 11 is 0. The fourth-order valence-corrected chi connectivity index (χ4v) is 3.54. The number of hydrogen-bond acceptors (Lipinski definition) is 5. The number of fused-ring (bicyclic) bond motifs is 1. The number of carbonyl (C=O) groups excluding carboxylic acids is 2. The Labute approximate surface area is 170 Å². The number of rotatable bonds is 5. The van der Waals surface area contributed by atoms with Crippen molar-refractivity contribution in [2.45, 2.75) is 12.5 Å². The molecule has 0 unspecified atom stereocenters. The number of carbonyl (C=O) groups is 2. The molecule has 1 atom stereocenters. The Balaban J connectivity index is 1.20. The minimum atomic E-state index is -0.604. The molecule has 29 heavy (non-hydrogen) atoms. The standard InChI is InChI=1S/C22H25N3O4/c26-21(23-17-6-2-1-3-7-17)10-11-24-12-14-25(15-13-24)22(27)20-16-28-18-8-4-5-9-19(18)29-20/h1-9,20H,10-16H2,(H,23,26)/t20-/m1/s1. The van der Waals surface area contributed by atoms with E-state index in [4.69, 9.17) is 9.47 Å². The summed E-state index contributed by atoms with van der Waals surface area (Å²) in [5, 5.41) is 2.90. The van der Waals surface area contributed by atoms with Crippen molar-refractivity contribution in [2.75, 3.05) is 44.6 Å². The highest BCUT2D eigenvalue weighted by Crippen LogP contribution is 2.31. The van der Waals surface area contributed by atoms with Crippen LogP contribution in [0.2, 0.25) is 0 Å². The van der Waals surface area contributed by atoms with E-state index in [1.165, 1.54) is 0 Å². The van der Waals surface area contributed by atoms with E-state index in [9.17, 15) is 9.59 Å². The molecule has 2 amide bonds. The lowest BCUT2D eigenvalue weighted by Crippen LogP contribution is -2.54. The Bertz CT molecular complexity index is 850. The minimum Gasteiger partial charge on any atom is -0.485 e. The minimum absolute atomic E-state index is 0.00104. The van der Waals surface area contributed by atoms with Gasteiger partial charge in [0.2, 0.25) is 12.0 Å². The zero-order chi connectivity index (χ0) is 20.1. The average Bonchev–Trinajstić information content (AvgIpc) is 2.78. The van der Waals surface area contributed by atoms with Crippen molar-refractivity contribution in [3.63, 3.8) is 0 Å². The molecular weight excluding hydrogens is 370 g/mol. The van der Waals surface area contributed by atoms with E-state index in [1.54, 1.807) is 0 Å². The van der Waals surface area contributed by atoms with Crippen LogP contribution in [0.15, 0.2) is 54.6 Å². The number of piperazine rings is 1. The van der Waals surface area contributed by atoms with Gasteiger partial charge in [-0.25, -0.2) is 0 Å². The number of amides is 2. The summed E-state index contributed by atoms with van der Waals surface area (Å²) < 4.78 is 11.5. The number of anilines is 1. The quantitative estimate of drug-likeness (QED) is 0.839. The molecule has 0 aromatic heterocycles. The highest BCUT2D eigenvalue weighted by molar-refractivity contribution is 5.90. The molecule has 2 aliphatic heterocycles. The van der Waals surface area contributed by atoms with E-state index >= 15 is 0 Å². The Kier molecular flexibility index (Phi) is 5.95. The van der Waals surface area contributed by atoms with Gasteiger partial charge in [-0.1, -0.05) is 30.3 Å². The summed E-state index contributed by atoms with van der Waals surface area (Å²) in [5.74, 6) is 1.25. The highest BCUT2D eigenvalue weighted by atomic mass is 16.6. The third-order valence-corrected chi connectivity index (χ3v) is 5.18. The molecule has 4 rings (SSSR count). The first-order valence-corrected chi connectivity index (χ1v) is 9.93. The Hall–Kier alpha value is -3.06. The maximum absolute atomic E-state index is 12.8. The van der Waals surface area contributed by atoms with Crippen LogP contribution in [-0.4, -0.2) is 67.0 Å². The first-order valence-electron chi connectivity index (χ1n) is 9.93. The van der Waals surface area contributed by atoms with E-state index in [1.807, 2.05) is 59.5 Å². The number of nitrogens with zero attached hydrogens (tertiary/aromatic N) is 2. The van der Waals surface area contributed by atoms with Gasteiger partial charge in [0.15, 0.2) is 11.5 Å². The van der Waals surface area contributed by atoms with Gasteiger partial charge in [0, 0.05) is 44.8 Å². The predicted molar refractivity (Wildman–Crippen MR) is 109 cm³/mol. The van der Waals surface area contributed by atoms with Gasteiger partial charge in [0.25, 0.3) is 5.91 Å². The number of benzene rings is 2. The van der Waals surface area contributed by atoms with Crippen LogP contribution in [0.1, 0.15) is 6.42 Å². The molecule has 1 saturated heterocycles. The van der Waals surface area contributed by atoms with Crippen LogP contribution < -0.4 is 14.8 Å². The van der Waals surface area contributed by atoms with Crippen LogP contribution in [-0.2, 0) is 9.59 Å². The Morgan fingerprint density at radius 3 is 2.38 bits per heavy atom. The average molecular weight is 395 g/mol. The van der Waals surface area contributed by atoms with Crippen molar-refractivity contribution in [3.8, 4) is 11.5 Å². The lowest BCUT2D eigenvalue weighted by Gasteiger charge is -2.37. The molecule has 152 valence electrons. The fourth-order valence-electron chi connectivity index (χ4n) is 3.54. The SMILES string of the molecule is O=C(CCN1CCN(C(=O)[C@H]2COc3ccccc3O2)CC1)Nc1ccccc1. The molecule has 2 heterocycles. The van der Waals surface area contributed by atoms with Crippen molar-refractivity contribution in [1.82, 2.24) is 9.80 Å². The molecule has 0 spiro atoms. The normalized spacial score (nSPS) is 18.9. The molecular formula is C22H25N3O4. The second-order valence-corrected chi connectivity index (χ2v) is 7.20. The van der Waals surface area contributed by atoms with Crippen LogP contribution in [0.3, 0.4) is 0 Å². The van der Waals surface area contributed by atoms with Gasteiger partial charge < -0.3 is 19.7 Å². The number of ether oxygens (including phenoxy) is 2. The second-order valence-electron chi connectivity index (χ2n) is 7.20. The number of nitrogens with one attached hydrogen (secondary N) is 1. The predicted octanol–water partition coefficient (Wildman–Crippen LogP) is 2.00. The Morgan fingerprint density at radius 2 is 1.62 bits per heavy atom. The van der Waals surface area contributed by atoms with Crippen molar-refractivity contribution < 1.29 is 19.1 Å². The summed E-state index contributed by atoms with van der Waals surface area (Å²) in [6, 6.07) is 16.8. The van der Waals surface area contributed by atoms with Gasteiger partial charge >= 0.3 is 0 Å². The largest absolute Gasteiger partial charge is 0.485 e. The zero-order valence-corrected chi connectivity index (χ0v) is 16.3. The summed E-state index contributed by atoms with van der Waals surface area (Å²) in [5.41, 5.74) is 0.809. The monoisotopic (exact) mass is 395 g/mol. The van der Waals surface area contributed by atoms with E-state index < -0.39 is 6.10 Å². The van der Waals surface area contributed by atoms with Crippen molar-refractivity contribution >= 4 is 17.5 Å². The third-order valence-electron chi connectivity index (χ3n) is 5.18. The molecule has 0 saturated carbocycles. The molecule has 0 aliphatic carbocycles. The third kappa shape index (κ3) is 4.86. The van der Waals surface area contributed by atoms with Crippen molar-refractivity contribution in [3.05, 3.63) is 54.6 Å². The highest BCUT2D eigenvalue weighted by Gasteiger charge is 2.32. The lowest BCUT2D eigenvalue weighted by molar-refractivity contribution is -0.143. The van der Waals surface area contributed by atoms with Crippen LogP contribution in [0.25, 0.3) is 0 Å². The maximum Gasteiger partial charge on any atom is 0.267 e. The van der Waals surface area contributed by atoms with Gasteiger partial charge in [-0.2, -0.15) is 0 Å². The van der Waals surface area contributed by atoms with E-state index in [0.29, 0.717) is 37.6 Å². The van der Waals surface area contributed by atoms with Crippen LogP contribution >= 0.6 is 0 Å². The second kappa shape index (κ2) is 8.96. The first kappa shape index (κ1) is 19.3. The molecule has 7 nitrogen and oxygen atoms in total. The molecule has 0 bridgehead atoms. The first-order chi connectivity index (χ1) is 14.2. The molecule has 2 aromatic carbocycles. The molecule has 1 N–H and O–H groups in total. The van der Waals surface area contributed by atoms with Gasteiger partial charge in [-0.05, 0) is 24.3 Å². The van der Waals surface area contributed by atoms with Crippen LogP contribution in [0.4, 0.5) is 5.69 Å². The van der Waals surface area contributed by atoms with Crippen molar-refractivity contribution in [2.24, 2.45) is 0 Å². The summed E-state index contributed by atoms with van der Waals surface area (Å²) in [7, 11) is 0. The molecule has 1 fully saturated rings. The van der Waals surface area contributed by atoms with Crippen LogP contribution in [0, 0.1) is 0 Å². The topological polar surface area (TPSA) is 71.1 Å². The lowest BCUT2D eigenvalue weighted by atomic mass is 10.2. The smallest absolute Gasteiger partial charge is 0.267 e. The molecule has 7 heteroatoms. The fraction of sp³-hybridized carbons (Fsp3) is 0.364. The summed E-state index contributed by atoms with van der Waals surface area (Å²) in [6.45, 7) is 3.65. The Morgan fingerprint density at radius 1 is 0.931 bits per heavy atom. The summed E-state index contributed by atoms with van der Waals surface area (Å²) in [4.78, 5) is 28.9. The van der Waals surface area contributed by atoms with Crippen LogP contribution in [0.5, 0.6) is 11.5 Å². The number of hydrogen-bond donors (Lipinski definition) is 1. The summed E-state index contributed by atoms with van der Waals surface area (Å²) in [6.07, 6.45) is -0.174. The number of para-hydroxylation sites is 3. The van der Waals surface area contributed by atoms with E-state index in [0.717, 1.165) is 18.8 Å². The van der Waals surface area contributed by atoms with Gasteiger partial charge in [0.1, 0.15) is 6.61 Å². The van der Waals surface area contributed by atoms with E-state index in [-0.39, 0.29) is 18.4 Å². The van der Waals surface area contributed by atoms with Crippen molar-refractivity contribution in [1.29, 1.82) is 0 Å². The van der Waals surface area contributed by atoms with E-state index in [2.05, 4.69) is 10.2 Å². The zero-order valence-electron chi connectivity index (χ0n) is 16.3. The maximum atomic E-state index is 12.8. The van der Waals surface area contributed by atoms with Gasteiger partial charge in [-0.3, -0.25) is 14.5 Å². The van der Waals surface area contributed by atoms with Gasteiger partial charge in [-0.15, -0.1) is 0 Å². The molecule has 0 radical (unpaired) electrons. The van der Waals surface area contributed by atoms with Gasteiger partial charge in [0.05, 0.1) is 0 Å². The molecule has 2 aliphatic rings.